The molecule has 0 aromatic carbocycles. The Morgan fingerprint density at radius 3 is 3.17 bits per heavy atom. The Hall–Kier alpha value is -1.43. The lowest BCUT2D eigenvalue weighted by Gasteiger charge is -2.09. The molecule has 3 nitrogen and oxygen atoms in total. The van der Waals surface area contributed by atoms with Crippen LogP contribution in [0.15, 0.2) is 6.07 Å². The van der Waals surface area contributed by atoms with E-state index in [1.54, 1.807) is 10.7 Å². The third-order valence-corrected chi connectivity index (χ3v) is 1.37. The quantitative estimate of drug-likeness (QED) is 0.627. The van der Waals surface area contributed by atoms with E-state index >= 15 is 0 Å². The molecule has 3 heteroatoms. The highest BCUT2D eigenvalue weighted by Crippen LogP contribution is 2.14. The summed E-state index contributed by atoms with van der Waals surface area (Å²) in [6.45, 7) is 4.30. The standard InChI is InChI=1S/C9H11N2O/c1-4-7-12-9-5-6-10-11(9)8(2)3/h1,5,8H,7H2,2-3H3. The third kappa shape index (κ3) is 1.79. The molecule has 0 unspecified atom stereocenters. The van der Waals surface area contributed by atoms with Crippen molar-refractivity contribution in [3.8, 4) is 18.2 Å². The summed E-state index contributed by atoms with van der Waals surface area (Å²) in [4.78, 5) is 0. The van der Waals surface area contributed by atoms with E-state index in [0.717, 1.165) is 0 Å². The maximum absolute atomic E-state index is 5.22. The number of hydrogen-bond acceptors (Lipinski definition) is 2. The molecule has 63 valence electrons. The summed E-state index contributed by atoms with van der Waals surface area (Å²) in [5.74, 6) is 3.06. The van der Waals surface area contributed by atoms with Crippen molar-refractivity contribution in [2.45, 2.75) is 19.9 Å². The predicted octanol–water partition coefficient (Wildman–Crippen LogP) is 1.28. The van der Waals surface area contributed by atoms with Gasteiger partial charge in [-0.1, -0.05) is 5.92 Å². The fourth-order valence-electron chi connectivity index (χ4n) is 0.855. The van der Waals surface area contributed by atoms with Gasteiger partial charge in [-0.2, -0.15) is 5.10 Å². The molecule has 12 heavy (non-hydrogen) atoms. The van der Waals surface area contributed by atoms with Gasteiger partial charge in [0.05, 0.1) is 6.04 Å². The zero-order valence-corrected chi connectivity index (χ0v) is 7.24. The van der Waals surface area contributed by atoms with E-state index < -0.39 is 0 Å². The highest BCUT2D eigenvalue weighted by atomic mass is 16.5. The van der Waals surface area contributed by atoms with Crippen LogP contribution in [0.2, 0.25) is 0 Å². The summed E-state index contributed by atoms with van der Waals surface area (Å²) in [5, 5.41) is 3.97. The lowest BCUT2D eigenvalue weighted by molar-refractivity contribution is 0.314. The molecule has 0 amide bonds. The van der Waals surface area contributed by atoms with E-state index in [2.05, 4.69) is 17.2 Å². The van der Waals surface area contributed by atoms with E-state index in [0.29, 0.717) is 5.88 Å². The minimum Gasteiger partial charge on any atom is -0.465 e. The Bertz CT molecular complexity index is 283. The fraction of sp³-hybridized carbons (Fsp3) is 0.444. The van der Waals surface area contributed by atoms with Crippen LogP contribution in [-0.4, -0.2) is 16.4 Å². The minimum atomic E-state index is 0.268. The van der Waals surface area contributed by atoms with Crippen LogP contribution in [0.4, 0.5) is 0 Å². The summed E-state index contributed by atoms with van der Waals surface area (Å²) in [6.07, 6.45) is 7.76. The summed E-state index contributed by atoms with van der Waals surface area (Å²) in [7, 11) is 0. The van der Waals surface area contributed by atoms with E-state index in [-0.39, 0.29) is 12.6 Å². The fourth-order valence-corrected chi connectivity index (χ4v) is 0.855. The molecule has 0 aliphatic carbocycles. The van der Waals surface area contributed by atoms with Crippen LogP contribution in [0.3, 0.4) is 0 Å². The van der Waals surface area contributed by atoms with E-state index in [1.807, 2.05) is 13.8 Å². The smallest absolute Gasteiger partial charge is 0.213 e. The van der Waals surface area contributed by atoms with Gasteiger partial charge in [-0.25, -0.2) is 4.68 Å². The summed E-state index contributed by atoms with van der Waals surface area (Å²) >= 11 is 0. The van der Waals surface area contributed by atoms with E-state index in [4.69, 9.17) is 11.2 Å². The SMILES string of the molecule is C#CCOc1c[c]nn1C(C)C. The van der Waals surface area contributed by atoms with Crippen LogP contribution in [0.1, 0.15) is 19.9 Å². The number of ether oxygens (including phenoxy) is 1. The number of rotatable bonds is 3. The Balaban J connectivity index is 2.72. The van der Waals surface area contributed by atoms with Crippen LogP contribution >= 0.6 is 0 Å². The number of hydrogen-bond donors (Lipinski definition) is 0. The van der Waals surface area contributed by atoms with Gasteiger partial charge in [0.2, 0.25) is 5.88 Å². The van der Waals surface area contributed by atoms with E-state index in [1.165, 1.54) is 0 Å². The highest BCUT2D eigenvalue weighted by Gasteiger charge is 2.05. The van der Waals surface area contributed by atoms with E-state index in [9.17, 15) is 0 Å². The predicted molar refractivity (Wildman–Crippen MR) is 45.8 cm³/mol. The summed E-state index contributed by atoms with van der Waals surface area (Å²) in [6, 6.07) is 1.95. The molecule has 0 aliphatic rings. The van der Waals surface area contributed by atoms with Gasteiger partial charge in [0.1, 0.15) is 6.20 Å². The Morgan fingerprint density at radius 1 is 1.83 bits per heavy atom. The number of nitrogens with zero attached hydrogens (tertiary/aromatic N) is 2. The van der Waals surface area contributed by atoms with Gasteiger partial charge < -0.3 is 4.74 Å². The van der Waals surface area contributed by atoms with Gasteiger partial charge in [-0.05, 0) is 13.8 Å². The van der Waals surface area contributed by atoms with Crippen LogP contribution in [0.25, 0.3) is 0 Å². The molecule has 1 radical (unpaired) electrons. The van der Waals surface area contributed by atoms with Crippen LogP contribution in [-0.2, 0) is 0 Å². The maximum Gasteiger partial charge on any atom is 0.213 e. The first-order chi connectivity index (χ1) is 5.75. The molecule has 0 aliphatic heterocycles. The number of terminal acetylenes is 1. The second-order valence-corrected chi connectivity index (χ2v) is 2.64. The molecule has 1 heterocycles. The van der Waals surface area contributed by atoms with Crippen LogP contribution < -0.4 is 4.74 Å². The lowest BCUT2D eigenvalue weighted by atomic mass is 10.4. The van der Waals surface area contributed by atoms with Gasteiger partial charge in [0.25, 0.3) is 0 Å². The third-order valence-electron chi connectivity index (χ3n) is 1.37. The first-order valence-electron chi connectivity index (χ1n) is 3.77. The van der Waals surface area contributed by atoms with Crippen molar-refractivity contribution >= 4 is 0 Å². The maximum atomic E-state index is 5.22. The number of aromatic nitrogens is 2. The molecule has 1 aromatic heterocycles. The Kier molecular flexibility index (Phi) is 2.76. The first kappa shape index (κ1) is 8.66. The second kappa shape index (κ2) is 3.82. The van der Waals surface area contributed by atoms with Crippen molar-refractivity contribution in [3.63, 3.8) is 0 Å². The Labute approximate surface area is 72.3 Å². The zero-order valence-electron chi connectivity index (χ0n) is 7.24. The minimum absolute atomic E-state index is 0.268. The van der Waals surface area contributed by atoms with Gasteiger partial charge >= 0.3 is 0 Å². The van der Waals surface area contributed by atoms with Gasteiger partial charge in [-0.15, -0.1) is 6.42 Å². The van der Waals surface area contributed by atoms with Crippen LogP contribution in [0, 0.1) is 18.5 Å². The van der Waals surface area contributed by atoms with Gasteiger partial charge in [-0.3, -0.25) is 0 Å². The largest absolute Gasteiger partial charge is 0.465 e. The summed E-state index contributed by atoms with van der Waals surface area (Å²) < 4.78 is 6.95. The average Bonchev–Trinajstić information content (AvgIpc) is 2.48. The molecule has 0 spiro atoms. The average molecular weight is 163 g/mol. The normalized spacial score (nSPS) is 9.83. The van der Waals surface area contributed by atoms with Crippen molar-refractivity contribution < 1.29 is 4.74 Å². The topological polar surface area (TPSA) is 27.1 Å². The van der Waals surface area contributed by atoms with Gasteiger partial charge in [0, 0.05) is 6.07 Å². The highest BCUT2D eigenvalue weighted by molar-refractivity contribution is 5.08. The van der Waals surface area contributed by atoms with Crippen LogP contribution in [0.5, 0.6) is 5.88 Å². The molecule has 1 aromatic rings. The molecular weight excluding hydrogens is 152 g/mol. The molecular formula is C9H11N2O. The molecule has 0 atom stereocenters. The molecule has 0 N–H and O–H groups in total. The van der Waals surface area contributed by atoms with Crippen molar-refractivity contribution in [1.82, 2.24) is 9.78 Å². The van der Waals surface area contributed by atoms with Gasteiger partial charge in [0.15, 0.2) is 6.61 Å². The molecule has 1 rings (SSSR count). The Morgan fingerprint density at radius 2 is 2.58 bits per heavy atom. The zero-order chi connectivity index (χ0) is 8.97. The van der Waals surface area contributed by atoms with Crippen molar-refractivity contribution in [1.29, 1.82) is 0 Å². The van der Waals surface area contributed by atoms with Crippen molar-refractivity contribution in [3.05, 3.63) is 12.3 Å². The van der Waals surface area contributed by atoms with Crippen molar-refractivity contribution in [2.75, 3.05) is 6.61 Å². The molecule has 0 fully saturated rings. The van der Waals surface area contributed by atoms with Crippen molar-refractivity contribution in [2.24, 2.45) is 0 Å². The summed E-state index contributed by atoms with van der Waals surface area (Å²) in [5.41, 5.74) is 0. The molecule has 0 saturated carbocycles. The molecule has 0 bridgehead atoms. The first-order valence-corrected chi connectivity index (χ1v) is 3.77. The monoisotopic (exact) mass is 163 g/mol. The lowest BCUT2D eigenvalue weighted by Crippen LogP contribution is -2.07. The second-order valence-electron chi connectivity index (χ2n) is 2.64. The molecule has 0 saturated heterocycles.